The molecule has 3 rings (SSSR count). The largest absolute Gasteiger partial charge is 0.342 e. The molecular formula is C16H22BrClN2O. The first-order valence-corrected chi connectivity index (χ1v) is 8.20. The molecule has 0 aromatic heterocycles. The maximum absolute atomic E-state index is 12.3. The smallest absolute Gasteiger partial charge is 0.222 e. The molecule has 21 heavy (non-hydrogen) atoms. The van der Waals surface area contributed by atoms with Gasteiger partial charge in [0.05, 0.1) is 0 Å². The second kappa shape index (κ2) is 7.12. The first kappa shape index (κ1) is 16.8. The molecule has 3 nitrogen and oxygen atoms in total. The van der Waals surface area contributed by atoms with Gasteiger partial charge in [-0.15, -0.1) is 12.4 Å². The minimum Gasteiger partial charge on any atom is -0.342 e. The number of halogens is 2. The van der Waals surface area contributed by atoms with Gasteiger partial charge in [-0.05, 0) is 48.8 Å². The number of hydrogen-bond acceptors (Lipinski definition) is 2. The lowest BCUT2D eigenvalue weighted by Crippen LogP contribution is -2.33. The van der Waals surface area contributed by atoms with E-state index < -0.39 is 0 Å². The van der Waals surface area contributed by atoms with Crippen LogP contribution in [0.3, 0.4) is 0 Å². The number of carbonyl (C=O) groups excluding carboxylic acids is 1. The summed E-state index contributed by atoms with van der Waals surface area (Å²) in [5.74, 6) is 1.48. The van der Waals surface area contributed by atoms with Crippen LogP contribution in [0.2, 0.25) is 0 Å². The van der Waals surface area contributed by atoms with E-state index >= 15 is 0 Å². The average Bonchev–Trinajstić information content (AvgIpc) is 2.99. The van der Waals surface area contributed by atoms with E-state index in [0.717, 1.165) is 30.4 Å². The predicted molar refractivity (Wildman–Crippen MR) is 90.5 cm³/mol. The molecule has 1 aromatic carbocycles. The topological polar surface area (TPSA) is 46.3 Å². The van der Waals surface area contributed by atoms with Crippen LogP contribution in [0.4, 0.5) is 0 Å². The zero-order chi connectivity index (χ0) is 14.1. The van der Waals surface area contributed by atoms with E-state index in [1.165, 1.54) is 12.0 Å². The van der Waals surface area contributed by atoms with Gasteiger partial charge in [0.2, 0.25) is 5.91 Å². The second-order valence-electron chi connectivity index (χ2n) is 6.09. The van der Waals surface area contributed by atoms with Gasteiger partial charge in [0.1, 0.15) is 0 Å². The lowest BCUT2D eigenvalue weighted by atomic mass is 9.98. The molecular weight excluding hydrogens is 352 g/mol. The number of fused-ring (bicyclic) bond motifs is 1. The number of carbonyl (C=O) groups is 1. The molecule has 1 aliphatic heterocycles. The summed E-state index contributed by atoms with van der Waals surface area (Å²) in [5, 5.41) is 0. The highest BCUT2D eigenvalue weighted by atomic mass is 79.9. The number of hydrogen-bond donors (Lipinski definition) is 1. The van der Waals surface area contributed by atoms with Gasteiger partial charge in [0, 0.05) is 30.0 Å². The standard InChI is InChI=1S/C16H21BrN2O.ClH/c17-13-3-1-2-11(8-13)4-7-16(20)19-9-12-5-6-15(18)14(12)10-19;/h1-3,8,12,14-15H,4-7,9-10,18H2;1H. The van der Waals surface area contributed by atoms with Crippen molar-refractivity contribution >= 4 is 34.2 Å². The number of likely N-dealkylation sites (tertiary alicyclic amines) is 1. The SMILES string of the molecule is Cl.NC1CCC2CN(C(=O)CCc3cccc(Br)c3)CC12. The molecule has 1 aromatic rings. The minimum atomic E-state index is 0. The Morgan fingerprint density at radius 2 is 2.14 bits per heavy atom. The molecule has 1 saturated heterocycles. The molecule has 116 valence electrons. The normalized spacial score (nSPS) is 27.3. The Labute approximate surface area is 140 Å². The van der Waals surface area contributed by atoms with Crippen LogP contribution in [0, 0.1) is 11.8 Å². The van der Waals surface area contributed by atoms with Crippen molar-refractivity contribution in [1.29, 1.82) is 0 Å². The van der Waals surface area contributed by atoms with E-state index in [1.54, 1.807) is 0 Å². The van der Waals surface area contributed by atoms with Crippen molar-refractivity contribution in [3.63, 3.8) is 0 Å². The fraction of sp³-hybridized carbons (Fsp3) is 0.562. The fourth-order valence-electron chi connectivity index (χ4n) is 3.61. The molecule has 1 saturated carbocycles. The highest BCUT2D eigenvalue weighted by molar-refractivity contribution is 9.10. The Morgan fingerprint density at radius 1 is 1.33 bits per heavy atom. The maximum Gasteiger partial charge on any atom is 0.222 e. The van der Waals surface area contributed by atoms with Crippen LogP contribution < -0.4 is 5.73 Å². The second-order valence-corrected chi connectivity index (χ2v) is 7.01. The summed E-state index contributed by atoms with van der Waals surface area (Å²) < 4.78 is 1.07. The van der Waals surface area contributed by atoms with E-state index in [0.29, 0.717) is 24.3 Å². The number of rotatable bonds is 3. The summed E-state index contributed by atoms with van der Waals surface area (Å²) in [6.45, 7) is 1.80. The Morgan fingerprint density at radius 3 is 2.86 bits per heavy atom. The van der Waals surface area contributed by atoms with Gasteiger partial charge in [0.15, 0.2) is 0 Å². The van der Waals surface area contributed by atoms with Crippen molar-refractivity contribution in [3.8, 4) is 0 Å². The van der Waals surface area contributed by atoms with E-state index in [-0.39, 0.29) is 18.3 Å². The van der Waals surface area contributed by atoms with Gasteiger partial charge >= 0.3 is 0 Å². The van der Waals surface area contributed by atoms with E-state index in [2.05, 4.69) is 28.1 Å². The average molecular weight is 374 g/mol. The highest BCUT2D eigenvalue weighted by Gasteiger charge is 2.42. The molecule has 0 bridgehead atoms. The van der Waals surface area contributed by atoms with E-state index in [9.17, 15) is 4.79 Å². The lowest BCUT2D eigenvalue weighted by Gasteiger charge is -2.18. The molecule has 1 amide bonds. The molecule has 0 radical (unpaired) electrons. The van der Waals surface area contributed by atoms with Gasteiger partial charge in [-0.3, -0.25) is 4.79 Å². The molecule has 3 unspecified atom stereocenters. The van der Waals surface area contributed by atoms with Crippen molar-refractivity contribution < 1.29 is 4.79 Å². The summed E-state index contributed by atoms with van der Waals surface area (Å²) in [6.07, 6.45) is 3.75. The minimum absolute atomic E-state index is 0. The number of nitrogens with two attached hydrogens (primary N) is 1. The lowest BCUT2D eigenvalue weighted by molar-refractivity contribution is -0.130. The number of amides is 1. The number of aryl methyl sites for hydroxylation is 1. The van der Waals surface area contributed by atoms with Crippen molar-refractivity contribution in [2.75, 3.05) is 13.1 Å². The van der Waals surface area contributed by atoms with Crippen molar-refractivity contribution in [2.45, 2.75) is 31.7 Å². The van der Waals surface area contributed by atoms with Crippen molar-refractivity contribution in [3.05, 3.63) is 34.3 Å². The zero-order valence-electron chi connectivity index (χ0n) is 12.0. The summed E-state index contributed by atoms with van der Waals surface area (Å²) in [4.78, 5) is 14.3. The molecule has 1 aliphatic carbocycles. The molecule has 3 atom stereocenters. The Bertz CT molecular complexity index is 511. The molecule has 1 heterocycles. The van der Waals surface area contributed by atoms with Gasteiger partial charge in [-0.25, -0.2) is 0 Å². The van der Waals surface area contributed by atoms with Crippen LogP contribution in [0.5, 0.6) is 0 Å². The molecule has 2 aliphatic rings. The monoisotopic (exact) mass is 372 g/mol. The Balaban J connectivity index is 0.00000161. The van der Waals surface area contributed by atoms with Gasteiger partial charge in [-0.1, -0.05) is 28.1 Å². The quantitative estimate of drug-likeness (QED) is 0.885. The summed E-state index contributed by atoms with van der Waals surface area (Å²) in [6, 6.07) is 8.49. The van der Waals surface area contributed by atoms with Crippen LogP contribution >= 0.6 is 28.3 Å². The first-order chi connectivity index (χ1) is 9.63. The van der Waals surface area contributed by atoms with Crippen LogP contribution in [-0.2, 0) is 11.2 Å². The van der Waals surface area contributed by atoms with Gasteiger partial charge in [-0.2, -0.15) is 0 Å². The summed E-state index contributed by atoms with van der Waals surface area (Å²) in [7, 11) is 0. The first-order valence-electron chi connectivity index (χ1n) is 7.41. The molecule has 5 heteroatoms. The number of nitrogens with zero attached hydrogens (tertiary/aromatic N) is 1. The third kappa shape index (κ3) is 3.79. The third-order valence-corrected chi connectivity index (χ3v) is 5.27. The van der Waals surface area contributed by atoms with Crippen molar-refractivity contribution in [1.82, 2.24) is 4.90 Å². The van der Waals surface area contributed by atoms with E-state index in [1.807, 2.05) is 17.0 Å². The Kier molecular flexibility index (Phi) is 5.69. The maximum atomic E-state index is 12.3. The summed E-state index contributed by atoms with van der Waals surface area (Å²) in [5.41, 5.74) is 7.33. The molecule has 2 N–H and O–H groups in total. The van der Waals surface area contributed by atoms with Crippen LogP contribution in [0.15, 0.2) is 28.7 Å². The Hall–Kier alpha value is -0.580. The van der Waals surface area contributed by atoms with Crippen LogP contribution in [0.25, 0.3) is 0 Å². The predicted octanol–water partition coefficient (Wildman–Crippen LogP) is 3.00. The summed E-state index contributed by atoms with van der Waals surface area (Å²) >= 11 is 3.47. The zero-order valence-corrected chi connectivity index (χ0v) is 14.4. The third-order valence-electron chi connectivity index (χ3n) is 4.78. The molecule has 2 fully saturated rings. The highest BCUT2D eigenvalue weighted by Crippen LogP contribution is 2.37. The number of benzene rings is 1. The van der Waals surface area contributed by atoms with Crippen LogP contribution in [0.1, 0.15) is 24.8 Å². The van der Waals surface area contributed by atoms with Gasteiger partial charge in [0.25, 0.3) is 0 Å². The van der Waals surface area contributed by atoms with E-state index in [4.69, 9.17) is 5.73 Å². The van der Waals surface area contributed by atoms with Crippen LogP contribution in [-0.4, -0.2) is 29.9 Å². The fourth-order valence-corrected chi connectivity index (χ4v) is 4.06. The van der Waals surface area contributed by atoms with Gasteiger partial charge < -0.3 is 10.6 Å². The molecule has 0 spiro atoms. The van der Waals surface area contributed by atoms with Crippen molar-refractivity contribution in [2.24, 2.45) is 17.6 Å².